The van der Waals surface area contributed by atoms with Crippen LogP contribution >= 0.6 is 0 Å². The van der Waals surface area contributed by atoms with Gasteiger partial charge >= 0.3 is 0 Å². The van der Waals surface area contributed by atoms with Gasteiger partial charge in [-0.05, 0) is 30.5 Å². The molecule has 3 nitrogen and oxygen atoms in total. The Kier molecular flexibility index (Phi) is 4.59. The second-order valence-electron chi connectivity index (χ2n) is 4.10. The molecule has 1 aromatic carbocycles. The van der Waals surface area contributed by atoms with Crippen LogP contribution in [0.2, 0.25) is 0 Å². The molecule has 0 bridgehead atoms. The fourth-order valence-electron chi connectivity index (χ4n) is 1.22. The summed E-state index contributed by atoms with van der Waals surface area (Å²) in [6.07, 6.45) is 0. The summed E-state index contributed by atoms with van der Waals surface area (Å²) in [5, 5.41) is 0. The average Bonchev–Trinajstić information content (AvgIpc) is 2.26. The van der Waals surface area contributed by atoms with Gasteiger partial charge in [-0.2, -0.15) is 0 Å². The number of hydrazine groups is 1. The van der Waals surface area contributed by atoms with E-state index in [0.29, 0.717) is 12.5 Å². The Hall–Kier alpha value is -1.06. The maximum absolute atomic E-state index is 5.55. The molecular formula is C12H20N2O. The van der Waals surface area contributed by atoms with Gasteiger partial charge in [-0.15, -0.1) is 0 Å². The Labute approximate surface area is 91.6 Å². The lowest BCUT2D eigenvalue weighted by Gasteiger charge is -2.12. The number of nitrogens with two attached hydrogens (primary N) is 1. The molecule has 0 saturated carbocycles. The molecule has 0 radical (unpaired) electrons. The SMILES string of the molecule is CC(COc1ccc(C(C)C)cc1)NN. The van der Waals surface area contributed by atoms with E-state index in [1.807, 2.05) is 19.1 Å². The molecule has 0 fully saturated rings. The molecule has 3 N–H and O–H groups in total. The van der Waals surface area contributed by atoms with Crippen LogP contribution < -0.4 is 16.0 Å². The van der Waals surface area contributed by atoms with Crippen LogP contribution in [0.15, 0.2) is 24.3 Å². The zero-order valence-electron chi connectivity index (χ0n) is 9.66. The monoisotopic (exact) mass is 208 g/mol. The maximum Gasteiger partial charge on any atom is 0.119 e. The van der Waals surface area contributed by atoms with E-state index in [2.05, 4.69) is 31.4 Å². The first-order valence-corrected chi connectivity index (χ1v) is 5.32. The van der Waals surface area contributed by atoms with Crippen molar-refractivity contribution in [2.75, 3.05) is 6.61 Å². The van der Waals surface area contributed by atoms with E-state index in [4.69, 9.17) is 10.6 Å². The summed E-state index contributed by atoms with van der Waals surface area (Å²) in [6.45, 7) is 6.91. The zero-order chi connectivity index (χ0) is 11.3. The molecule has 0 aromatic heterocycles. The van der Waals surface area contributed by atoms with E-state index in [-0.39, 0.29) is 6.04 Å². The fraction of sp³-hybridized carbons (Fsp3) is 0.500. The lowest BCUT2D eigenvalue weighted by atomic mass is 10.0. The van der Waals surface area contributed by atoms with Crippen molar-refractivity contribution in [3.05, 3.63) is 29.8 Å². The molecule has 0 aliphatic rings. The third-order valence-electron chi connectivity index (χ3n) is 2.33. The number of rotatable bonds is 5. The first-order valence-electron chi connectivity index (χ1n) is 5.32. The van der Waals surface area contributed by atoms with Gasteiger partial charge in [0.05, 0.1) is 6.04 Å². The Bertz CT molecular complexity index is 282. The zero-order valence-corrected chi connectivity index (χ0v) is 9.66. The Balaban J connectivity index is 2.50. The third-order valence-corrected chi connectivity index (χ3v) is 2.33. The van der Waals surface area contributed by atoms with Crippen molar-refractivity contribution in [3.63, 3.8) is 0 Å². The van der Waals surface area contributed by atoms with Crippen molar-refractivity contribution < 1.29 is 4.74 Å². The molecule has 84 valence electrons. The largest absolute Gasteiger partial charge is 0.492 e. The lowest BCUT2D eigenvalue weighted by molar-refractivity contribution is 0.274. The minimum Gasteiger partial charge on any atom is -0.492 e. The minimum absolute atomic E-state index is 0.162. The minimum atomic E-state index is 0.162. The van der Waals surface area contributed by atoms with E-state index in [9.17, 15) is 0 Å². The van der Waals surface area contributed by atoms with E-state index >= 15 is 0 Å². The maximum atomic E-state index is 5.55. The summed E-state index contributed by atoms with van der Waals surface area (Å²) in [5.41, 5.74) is 3.97. The third kappa shape index (κ3) is 3.90. The van der Waals surface area contributed by atoms with Gasteiger partial charge in [0.15, 0.2) is 0 Å². The van der Waals surface area contributed by atoms with Crippen molar-refractivity contribution in [3.8, 4) is 5.75 Å². The molecule has 0 saturated heterocycles. The Morgan fingerprint density at radius 1 is 1.20 bits per heavy atom. The predicted molar refractivity (Wildman–Crippen MR) is 62.8 cm³/mol. The van der Waals surface area contributed by atoms with Gasteiger partial charge in [0.1, 0.15) is 12.4 Å². The van der Waals surface area contributed by atoms with Crippen LogP contribution in [0.1, 0.15) is 32.3 Å². The van der Waals surface area contributed by atoms with Gasteiger partial charge in [0.25, 0.3) is 0 Å². The second-order valence-corrected chi connectivity index (χ2v) is 4.10. The Morgan fingerprint density at radius 2 is 1.80 bits per heavy atom. The summed E-state index contributed by atoms with van der Waals surface area (Å²) in [4.78, 5) is 0. The number of nitrogens with one attached hydrogen (secondary N) is 1. The van der Waals surface area contributed by atoms with Gasteiger partial charge in [-0.3, -0.25) is 11.3 Å². The topological polar surface area (TPSA) is 47.3 Å². The molecular weight excluding hydrogens is 188 g/mol. The summed E-state index contributed by atoms with van der Waals surface area (Å²) >= 11 is 0. The highest BCUT2D eigenvalue weighted by Crippen LogP contribution is 2.18. The molecule has 0 amide bonds. The average molecular weight is 208 g/mol. The molecule has 0 aliphatic heterocycles. The highest BCUT2D eigenvalue weighted by molar-refractivity contribution is 5.28. The standard InChI is InChI=1S/C12H20N2O/c1-9(2)11-4-6-12(7-5-11)15-8-10(3)14-13/h4-7,9-10,14H,8,13H2,1-3H3. The van der Waals surface area contributed by atoms with Crippen LogP contribution in [0.25, 0.3) is 0 Å². The van der Waals surface area contributed by atoms with Crippen molar-refractivity contribution in [1.82, 2.24) is 5.43 Å². The summed E-state index contributed by atoms with van der Waals surface area (Å²) in [6, 6.07) is 8.35. The molecule has 0 spiro atoms. The molecule has 0 aliphatic carbocycles. The molecule has 15 heavy (non-hydrogen) atoms. The van der Waals surface area contributed by atoms with Crippen molar-refractivity contribution >= 4 is 0 Å². The lowest BCUT2D eigenvalue weighted by Crippen LogP contribution is -2.36. The smallest absolute Gasteiger partial charge is 0.119 e. The summed E-state index contributed by atoms with van der Waals surface area (Å²) in [5.74, 6) is 6.72. The quantitative estimate of drug-likeness (QED) is 0.575. The number of hydrogen-bond acceptors (Lipinski definition) is 3. The highest BCUT2D eigenvalue weighted by Gasteiger charge is 2.01. The molecule has 1 rings (SSSR count). The van der Waals surface area contributed by atoms with Crippen LogP contribution in [-0.4, -0.2) is 12.6 Å². The van der Waals surface area contributed by atoms with Gasteiger partial charge < -0.3 is 4.74 Å². The van der Waals surface area contributed by atoms with Gasteiger partial charge in [-0.1, -0.05) is 26.0 Å². The van der Waals surface area contributed by atoms with Crippen molar-refractivity contribution in [1.29, 1.82) is 0 Å². The van der Waals surface area contributed by atoms with Crippen molar-refractivity contribution in [2.45, 2.75) is 32.7 Å². The number of ether oxygens (including phenoxy) is 1. The van der Waals surface area contributed by atoms with Crippen molar-refractivity contribution in [2.24, 2.45) is 5.84 Å². The summed E-state index contributed by atoms with van der Waals surface area (Å²) in [7, 11) is 0. The predicted octanol–water partition coefficient (Wildman–Crippen LogP) is 2.04. The molecule has 3 heteroatoms. The first-order chi connectivity index (χ1) is 7.13. The molecule has 1 atom stereocenters. The van der Waals surface area contributed by atoms with E-state index in [1.54, 1.807) is 0 Å². The highest BCUT2D eigenvalue weighted by atomic mass is 16.5. The number of benzene rings is 1. The Morgan fingerprint density at radius 3 is 2.27 bits per heavy atom. The van der Waals surface area contributed by atoms with E-state index < -0.39 is 0 Å². The van der Waals surface area contributed by atoms with Crippen LogP contribution in [0.3, 0.4) is 0 Å². The van der Waals surface area contributed by atoms with Gasteiger partial charge in [0.2, 0.25) is 0 Å². The molecule has 1 unspecified atom stereocenters. The first kappa shape index (κ1) is 12.0. The van der Waals surface area contributed by atoms with Crippen LogP contribution in [0.5, 0.6) is 5.75 Å². The summed E-state index contributed by atoms with van der Waals surface area (Å²) < 4.78 is 5.55. The number of hydrogen-bond donors (Lipinski definition) is 2. The van der Waals surface area contributed by atoms with Crippen LogP contribution in [0, 0.1) is 0 Å². The van der Waals surface area contributed by atoms with Gasteiger partial charge in [0, 0.05) is 0 Å². The molecule has 0 heterocycles. The van der Waals surface area contributed by atoms with E-state index in [1.165, 1.54) is 5.56 Å². The fourth-order valence-corrected chi connectivity index (χ4v) is 1.22. The van der Waals surface area contributed by atoms with Crippen LogP contribution in [0.4, 0.5) is 0 Å². The second kappa shape index (κ2) is 5.73. The molecule has 1 aromatic rings. The van der Waals surface area contributed by atoms with E-state index in [0.717, 1.165) is 5.75 Å². The van der Waals surface area contributed by atoms with Gasteiger partial charge in [-0.25, -0.2) is 0 Å². The van der Waals surface area contributed by atoms with Crippen LogP contribution in [-0.2, 0) is 0 Å². The normalized spacial score (nSPS) is 12.9.